The van der Waals surface area contributed by atoms with Crippen LogP contribution in [0.25, 0.3) is 0 Å². The Hall–Kier alpha value is -2.37. The molecule has 0 aromatic heterocycles. The van der Waals surface area contributed by atoms with E-state index in [2.05, 4.69) is 15.4 Å². The van der Waals surface area contributed by atoms with Crippen LogP contribution in [0.2, 0.25) is 0 Å². The molecule has 2 amide bonds. The number of hydrogen-bond donors (Lipinski definition) is 2. The zero-order valence-corrected chi connectivity index (χ0v) is 16.5. The van der Waals surface area contributed by atoms with Gasteiger partial charge >= 0.3 is 5.97 Å². The maximum Gasteiger partial charge on any atom is 0.337 e. The van der Waals surface area contributed by atoms with Crippen LogP contribution in [0.3, 0.4) is 0 Å². The molecule has 6 heteroatoms. The topological polar surface area (TPSA) is 84.5 Å². The summed E-state index contributed by atoms with van der Waals surface area (Å²) in [6, 6.07) is 5.89. The lowest BCUT2D eigenvalue weighted by Gasteiger charge is -2.55. The molecule has 1 aromatic rings. The fourth-order valence-corrected chi connectivity index (χ4v) is 5.86. The van der Waals surface area contributed by atoms with Crippen molar-refractivity contribution < 1.29 is 19.1 Å². The normalized spacial score (nSPS) is 31.1. The highest BCUT2D eigenvalue weighted by Crippen LogP contribution is 2.60. The summed E-state index contributed by atoms with van der Waals surface area (Å²) >= 11 is 0. The van der Waals surface area contributed by atoms with Gasteiger partial charge in [0.1, 0.15) is 6.04 Å². The van der Waals surface area contributed by atoms with Crippen LogP contribution in [0.15, 0.2) is 24.3 Å². The predicted octanol–water partition coefficient (Wildman–Crippen LogP) is 3.13. The molecule has 0 aliphatic heterocycles. The molecule has 6 nitrogen and oxygen atoms in total. The number of anilines is 1. The van der Waals surface area contributed by atoms with Gasteiger partial charge in [-0.25, -0.2) is 4.79 Å². The van der Waals surface area contributed by atoms with E-state index in [1.54, 1.807) is 31.2 Å². The maximum absolute atomic E-state index is 13.1. The second-order valence-electron chi connectivity index (χ2n) is 8.95. The second kappa shape index (κ2) is 7.22. The average Bonchev–Trinajstić information content (AvgIpc) is 2.66. The third-order valence-corrected chi connectivity index (χ3v) is 6.83. The fourth-order valence-electron chi connectivity index (χ4n) is 5.86. The minimum atomic E-state index is -0.610. The molecule has 28 heavy (non-hydrogen) atoms. The number of carbonyl (C=O) groups excluding carboxylic acids is 3. The Kier molecular flexibility index (Phi) is 4.89. The number of esters is 1. The Balaban J connectivity index is 1.35. The number of hydrogen-bond acceptors (Lipinski definition) is 4. The fraction of sp³-hybridized carbons (Fsp3) is 0.591. The van der Waals surface area contributed by atoms with Crippen molar-refractivity contribution in [3.05, 3.63) is 29.8 Å². The number of methoxy groups -OCH3 is 1. The Bertz CT molecular complexity index is 751. The second-order valence-corrected chi connectivity index (χ2v) is 8.95. The molecule has 4 aliphatic carbocycles. The van der Waals surface area contributed by atoms with E-state index in [1.165, 1.54) is 26.4 Å². The molecule has 4 aliphatic rings. The first-order valence-corrected chi connectivity index (χ1v) is 10.2. The van der Waals surface area contributed by atoms with Crippen LogP contribution in [0.1, 0.15) is 55.8 Å². The summed E-state index contributed by atoms with van der Waals surface area (Å²) in [5, 5.41) is 5.77. The van der Waals surface area contributed by atoms with Crippen LogP contribution in [0, 0.1) is 23.2 Å². The number of rotatable bonds is 5. The highest BCUT2D eigenvalue weighted by molar-refractivity contribution is 5.98. The van der Waals surface area contributed by atoms with E-state index in [-0.39, 0.29) is 17.2 Å². The molecule has 4 bridgehead atoms. The maximum atomic E-state index is 13.1. The Morgan fingerprint density at radius 3 is 2.04 bits per heavy atom. The molecule has 5 rings (SSSR count). The summed E-state index contributed by atoms with van der Waals surface area (Å²) in [4.78, 5) is 37.1. The summed E-state index contributed by atoms with van der Waals surface area (Å²) in [6.45, 7) is 1.72. The van der Waals surface area contributed by atoms with E-state index < -0.39 is 12.0 Å². The van der Waals surface area contributed by atoms with Gasteiger partial charge in [-0.3, -0.25) is 9.59 Å². The number of carbonyl (C=O) groups is 3. The van der Waals surface area contributed by atoms with Crippen LogP contribution in [0.4, 0.5) is 5.69 Å². The van der Waals surface area contributed by atoms with Crippen molar-refractivity contribution in [1.29, 1.82) is 0 Å². The molecule has 150 valence electrons. The third-order valence-electron chi connectivity index (χ3n) is 6.83. The predicted molar refractivity (Wildman–Crippen MR) is 105 cm³/mol. The van der Waals surface area contributed by atoms with Gasteiger partial charge in [0.25, 0.3) is 0 Å². The highest BCUT2D eigenvalue weighted by Gasteiger charge is 2.54. The average molecular weight is 384 g/mol. The van der Waals surface area contributed by atoms with Gasteiger partial charge in [-0.05, 0) is 87.5 Å². The number of amides is 2. The van der Waals surface area contributed by atoms with Crippen LogP contribution in [0.5, 0.6) is 0 Å². The van der Waals surface area contributed by atoms with Gasteiger partial charge in [-0.2, -0.15) is 0 Å². The molecular formula is C22H28N2O4. The van der Waals surface area contributed by atoms with Crippen LogP contribution in [-0.2, 0) is 14.3 Å². The smallest absolute Gasteiger partial charge is 0.337 e. The van der Waals surface area contributed by atoms with E-state index in [0.29, 0.717) is 29.0 Å². The zero-order valence-electron chi connectivity index (χ0n) is 16.5. The Morgan fingerprint density at radius 1 is 1.00 bits per heavy atom. The molecule has 1 atom stereocenters. The summed E-state index contributed by atoms with van der Waals surface area (Å²) in [6.07, 6.45) is 6.79. The SMILES string of the molecule is COC(=O)c1ccc(NC(=O)[C@H](C)NC(=O)C23CC4CC(CC(C4)C2)C3)cc1. The molecule has 1 aromatic carbocycles. The number of benzene rings is 1. The molecule has 0 radical (unpaired) electrons. The van der Waals surface area contributed by atoms with Crippen molar-refractivity contribution in [3.8, 4) is 0 Å². The van der Waals surface area contributed by atoms with Gasteiger partial charge in [0.05, 0.1) is 12.7 Å². The van der Waals surface area contributed by atoms with Crippen molar-refractivity contribution >= 4 is 23.5 Å². The summed E-state index contributed by atoms with van der Waals surface area (Å²) in [7, 11) is 1.33. The van der Waals surface area contributed by atoms with Gasteiger partial charge in [0.2, 0.25) is 11.8 Å². The first-order chi connectivity index (χ1) is 13.4. The van der Waals surface area contributed by atoms with Crippen LogP contribution >= 0.6 is 0 Å². The molecule has 2 N–H and O–H groups in total. The third kappa shape index (κ3) is 3.52. The minimum absolute atomic E-state index is 0.0512. The largest absolute Gasteiger partial charge is 0.465 e. The minimum Gasteiger partial charge on any atom is -0.465 e. The van der Waals surface area contributed by atoms with Crippen molar-refractivity contribution in [2.45, 2.75) is 51.5 Å². The molecule has 4 saturated carbocycles. The lowest BCUT2D eigenvalue weighted by atomic mass is 9.49. The highest BCUT2D eigenvalue weighted by atomic mass is 16.5. The lowest BCUT2D eigenvalue weighted by molar-refractivity contribution is -0.147. The van der Waals surface area contributed by atoms with Gasteiger partial charge in [-0.1, -0.05) is 0 Å². The first-order valence-electron chi connectivity index (χ1n) is 10.2. The summed E-state index contributed by atoms with van der Waals surface area (Å²) in [5.41, 5.74) is 0.739. The Labute approximate surface area is 165 Å². The zero-order chi connectivity index (χ0) is 19.9. The van der Waals surface area contributed by atoms with Gasteiger partial charge < -0.3 is 15.4 Å². The van der Waals surface area contributed by atoms with E-state index in [0.717, 1.165) is 19.3 Å². The standard InChI is InChI=1S/C22H28N2O4/c1-13(19(25)24-18-5-3-17(4-6-18)20(26)28-2)23-21(27)22-10-14-7-15(11-22)9-16(8-14)12-22/h3-6,13-16H,7-12H2,1-2H3,(H,23,27)(H,24,25)/t13-,14?,15?,16?,22?/m0/s1. The van der Waals surface area contributed by atoms with E-state index in [9.17, 15) is 14.4 Å². The van der Waals surface area contributed by atoms with Crippen LogP contribution < -0.4 is 10.6 Å². The lowest BCUT2D eigenvalue weighted by Crippen LogP contribution is -2.56. The molecule has 0 spiro atoms. The van der Waals surface area contributed by atoms with E-state index in [1.807, 2.05) is 0 Å². The van der Waals surface area contributed by atoms with Crippen molar-refractivity contribution in [1.82, 2.24) is 5.32 Å². The number of ether oxygens (including phenoxy) is 1. The van der Waals surface area contributed by atoms with Crippen LogP contribution in [-0.4, -0.2) is 30.9 Å². The van der Waals surface area contributed by atoms with Gasteiger partial charge in [-0.15, -0.1) is 0 Å². The van der Waals surface area contributed by atoms with E-state index in [4.69, 9.17) is 0 Å². The molecular weight excluding hydrogens is 356 g/mol. The van der Waals surface area contributed by atoms with Crippen molar-refractivity contribution in [2.24, 2.45) is 23.2 Å². The molecule has 0 heterocycles. The summed E-state index contributed by atoms with van der Waals surface area (Å²) < 4.78 is 4.67. The van der Waals surface area contributed by atoms with Gasteiger partial charge in [0.15, 0.2) is 0 Å². The molecule has 0 saturated heterocycles. The molecule has 0 unspecified atom stereocenters. The monoisotopic (exact) mass is 384 g/mol. The van der Waals surface area contributed by atoms with E-state index >= 15 is 0 Å². The van der Waals surface area contributed by atoms with Gasteiger partial charge in [0, 0.05) is 11.1 Å². The van der Waals surface area contributed by atoms with Crippen molar-refractivity contribution in [3.63, 3.8) is 0 Å². The molecule has 4 fully saturated rings. The van der Waals surface area contributed by atoms with Crippen molar-refractivity contribution in [2.75, 3.05) is 12.4 Å². The first kappa shape index (κ1) is 19.0. The quantitative estimate of drug-likeness (QED) is 0.764. The summed E-state index contributed by atoms with van der Waals surface area (Å²) in [5.74, 6) is 1.44. The Morgan fingerprint density at radius 2 is 1.54 bits per heavy atom. The number of nitrogens with one attached hydrogen (secondary N) is 2.